The van der Waals surface area contributed by atoms with Gasteiger partial charge in [0.1, 0.15) is 0 Å². The Morgan fingerprint density at radius 3 is 2.33 bits per heavy atom. The molecule has 1 radical (unpaired) electrons. The summed E-state index contributed by atoms with van der Waals surface area (Å²) in [5, 5.41) is 2.78. The molecule has 0 aliphatic heterocycles. The van der Waals surface area contributed by atoms with Crippen molar-refractivity contribution >= 4 is 5.91 Å². The molecule has 0 unspecified atom stereocenters. The first-order valence-electron chi connectivity index (χ1n) is 4.93. The maximum Gasteiger partial charge on any atom is 0.223 e. The van der Waals surface area contributed by atoms with E-state index in [9.17, 15) is 4.79 Å². The van der Waals surface area contributed by atoms with Gasteiger partial charge < -0.3 is 5.32 Å². The zero-order valence-electron chi connectivity index (χ0n) is 7.81. The zero-order valence-corrected chi connectivity index (χ0v) is 7.81. The molecule has 0 saturated heterocycles. The first-order valence-corrected chi connectivity index (χ1v) is 4.93. The lowest BCUT2D eigenvalue weighted by Gasteiger charge is -2.12. The molecule has 12 heavy (non-hydrogen) atoms. The average Bonchev–Trinajstić information content (AvgIpc) is 2.32. The lowest BCUT2D eigenvalue weighted by atomic mass is 10.00. The molecule has 0 bridgehead atoms. The van der Waals surface area contributed by atoms with Gasteiger partial charge in [0.2, 0.25) is 5.91 Å². The Kier molecular flexibility index (Phi) is 4.12. The maximum absolute atomic E-state index is 11.4. The minimum Gasteiger partial charge on any atom is -0.351 e. The van der Waals surface area contributed by atoms with Crippen LogP contribution in [0.5, 0.6) is 0 Å². The quantitative estimate of drug-likeness (QED) is 0.629. The third kappa shape index (κ3) is 2.84. The molecule has 2 nitrogen and oxygen atoms in total. The number of nitrogens with one attached hydrogen (secondary N) is 1. The standard InChI is InChI=1S/C10H18NO/c1-2-11-10(12)9-7-5-3-4-6-8-9/h2,9H,3-8H2,1H3,(H,11,12). The van der Waals surface area contributed by atoms with Crippen molar-refractivity contribution in [2.24, 2.45) is 5.92 Å². The molecular formula is C10H18NO. The second kappa shape index (κ2) is 5.18. The Labute approximate surface area is 74.7 Å². The summed E-state index contributed by atoms with van der Waals surface area (Å²) in [4.78, 5) is 11.4. The predicted octanol–water partition coefficient (Wildman–Crippen LogP) is 2.25. The maximum atomic E-state index is 11.4. The van der Waals surface area contributed by atoms with Gasteiger partial charge in [0.15, 0.2) is 0 Å². The van der Waals surface area contributed by atoms with E-state index < -0.39 is 0 Å². The minimum atomic E-state index is 0.222. The molecule has 1 N–H and O–H groups in total. The molecule has 69 valence electrons. The SMILES string of the molecule is C[CH]NC(=O)C1CCCCCC1. The second-order valence-corrected chi connectivity index (χ2v) is 3.49. The van der Waals surface area contributed by atoms with Crippen LogP contribution in [0.25, 0.3) is 0 Å². The van der Waals surface area contributed by atoms with Gasteiger partial charge in [-0.05, 0) is 19.8 Å². The van der Waals surface area contributed by atoms with E-state index in [0.29, 0.717) is 0 Å². The normalized spacial score (nSPS) is 20.1. The molecule has 0 atom stereocenters. The van der Waals surface area contributed by atoms with E-state index in [0.717, 1.165) is 12.8 Å². The summed E-state index contributed by atoms with van der Waals surface area (Å²) in [5.41, 5.74) is 0. The van der Waals surface area contributed by atoms with Gasteiger partial charge in [-0.25, -0.2) is 0 Å². The minimum absolute atomic E-state index is 0.222. The van der Waals surface area contributed by atoms with Crippen molar-refractivity contribution in [1.82, 2.24) is 5.32 Å². The lowest BCUT2D eigenvalue weighted by molar-refractivity contribution is -0.124. The van der Waals surface area contributed by atoms with Crippen molar-refractivity contribution in [3.05, 3.63) is 6.54 Å². The summed E-state index contributed by atoms with van der Waals surface area (Å²) < 4.78 is 0. The smallest absolute Gasteiger partial charge is 0.223 e. The molecule has 1 saturated carbocycles. The summed E-state index contributed by atoms with van der Waals surface area (Å²) in [6, 6.07) is 0. The van der Waals surface area contributed by atoms with E-state index >= 15 is 0 Å². The fraction of sp³-hybridized carbons (Fsp3) is 0.800. The highest BCUT2D eigenvalue weighted by molar-refractivity contribution is 5.79. The number of hydrogen-bond donors (Lipinski definition) is 1. The topological polar surface area (TPSA) is 29.1 Å². The van der Waals surface area contributed by atoms with Gasteiger partial charge in [0.25, 0.3) is 0 Å². The molecule has 0 spiro atoms. The highest BCUT2D eigenvalue weighted by atomic mass is 16.1. The molecule has 0 aromatic rings. The summed E-state index contributed by atoms with van der Waals surface area (Å²) in [6.07, 6.45) is 7.22. The van der Waals surface area contributed by atoms with Crippen molar-refractivity contribution in [2.75, 3.05) is 0 Å². The molecule has 0 heterocycles. The molecule has 1 aliphatic rings. The van der Waals surface area contributed by atoms with E-state index in [1.165, 1.54) is 25.7 Å². The van der Waals surface area contributed by atoms with E-state index in [4.69, 9.17) is 0 Å². The molecular weight excluding hydrogens is 150 g/mol. The van der Waals surface area contributed by atoms with Crippen LogP contribution in [-0.2, 0) is 4.79 Å². The molecule has 2 heteroatoms. The van der Waals surface area contributed by atoms with Crippen LogP contribution in [0.2, 0.25) is 0 Å². The largest absolute Gasteiger partial charge is 0.351 e. The van der Waals surface area contributed by atoms with Crippen molar-refractivity contribution in [3.8, 4) is 0 Å². The molecule has 0 aromatic heterocycles. The molecule has 1 fully saturated rings. The van der Waals surface area contributed by atoms with Gasteiger partial charge in [0.05, 0.1) is 0 Å². The van der Waals surface area contributed by atoms with Crippen LogP contribution in [0.1, 0.15) is 45.4 Å². The molecule has 0 aromatic carbocycles. The number of carbonyl (C=O) groups is 1. The number of carbonyl (C=O) groups excluding carboxylic acids is 1. The average molecular weight is 168 g/mol. The highest BCUT2D eigenvalue weighted by Gasteiger charge is 2.18. The van der Waals surface area contributed by atoms with Crippen molar-refractivity contribution < 1.29 is 4.79 Å². The second-order valence-electron chi connectivity index (χ2n) is 3.49. The van der Waals surface area contributed by atoms with Crippen LogP contribution in [0.3, 0.4) is 0 Å². The van der Waals surface area contributed by atoms with Gasteiger partial charge in [-0.15, -0.1) is 0 Å². The molecule has 1 rings (SSSR count). The van der Waals surface area contributed by atoms with Gasteiger partial charge in [-0.1, -0.05) is 25.7 Å². The van der Waals surface area contributed by atoms with Gasteiger partial charge >= 0.3 is 0 Å². The van der Waals surface area contributed by atoms with Crippen molar-refractivity contribution in [2.45, 2.75) is 45.4 Å². The fourth-order valence-electron chi connectivity index (χ4n) is 1.80. The Bertz CT molecular complexity index is 137. The third-order valence-electron chi connectivity index (χ3n) is 2.51. The first-order chi connectivity index (χ1) is 5.84. The number of amides is 1. The third-order valence-corrected chi connectivity index (χ3v) is 2.51. The van der Waals surface area contributed by atoms with E-state index in [2.05, 4.69) is 5.32 Å². The van der Waals surface area contributed by atoms with Crippen LogP contribution in [0.15, 0.2) is 0 Å². The molecule has 1 amide bonds. The van der Waals surface area contributed by atoms with Crippen molar-refractivity contribution in [3.63, 3.8) is 0 Å². The Hall–Kier alpha value is -0.530. The van der Waals surface area contributed by atoms with E-state index in [1.54, 1.807) is 6.54 Å². The Balaban J connectivity index is 2.32. The zero-order chi connectivity index (χ0) is 8.81. The van der Waals surface area contributed by atoms with Crippen LogP contribution in [-0.4, -0.2) is 5.91 Å². The van der Waals surface area contributed by atoms with Crippen LogP contribution in [0.4, 0.5) is 0 Å². The first kappa shape index (κ1) is 9.56. The van der Waals surface area contributed by atoms with Crippen LogP contribution < -0.4 is 5.32 Å². The highest BCUT2D eigenvalue weighted by Crippen LogP contribution is 2.22. The summed E-state index contributed by atoms with van der Waals surface area (Å²) >= 11 is 0. The van der Waals surface area contributed by atoms with Crippen LogP contribution >= 0.6 is 0 Å². The number of rotatable bonds is 2. The van der Waals surface area contributed by atoms with Gasteiger partial charge in [-0.2, -0.15) is 0 Å². The molecule has 1 aliphatic carbocycles. The predicted molar refractivity (Wildman–Crippen MR) is 49.3 cm³/mol. The van der Waals surface area contributed by atoms with E-state index in [1.807, 2.05) is 6.92 Å². The van der Waals surface area contributed by atoms with E-state index in [-0.39, 0.29) is 11.8 Å². The van der Waals surface area contributed by atoms with Crippen molar-refractivity contribution in [1.29, 1.82) is 0 Å². The Morgan fingerprint density at radius 2 is 1.83 bits per heavy atom. The van der Waals surface area contributed by atoms with Crippen LogP contribution in [0, 0.1) is 12.5 Å². The fourth-order valence-corrected chi connectivity index (χ4v) is 1.80. The summed E-state index contributed by atoms with van der Waals surface area (Å²) in [6.45, 7) is 3.59. The Morgan fingerprint density at radius 1 is 1.25 bits per heavy atom. The number of hydrogen-bond acceptors (Lipinski definition) is 1. The van der Waals surface area contributed by atoms with Gasteiger partial charge in [-0.3, -0.25) is 4.79 Å². The summed E-state index contributed by atoms with van der Waals surface area (Å²) in [5.74, 6) is 0.503. The van der Waals surface area contributed by atoms with Gasteiger partial charge in [0, 0.05) is 12.5 Å². The summed E-state index contributed by atoms with van der Waals surface area (Å²) in [7, 11) is 0. The monoisotopic (exact) mass is 168 g/mol. The lowest BCUT2D eigenvalue weighted by Crippen LogP contribution is -2.27.